The Balaban J connectivity index is 1.33. The molecule has 0 saturated carbocycles. The predicted molar refractivity (Wildman–Crippen MR) is 93.7 cm³/mol. The predicted octanol–water partition coefficient (Wildman–Crippen LogP) is 2.34. The Bertz CT molecular complexity index is 912. The molecular weight excluding hydrogens is 314 g/mol. The number of imidazole rings is 1. The molecule has 0 saturated heterocycles. The normalized spacial score (nSPS) is 10.9. The molecule has 25 heavy (non-hydrogen) atoms. The molecule has 0 aliphatic carbocycles. The Hall–Kier alpha value is -3.32. The summed E-state index contributed by atoms with van der Waals surface area (Å²) >= 11 is 0. The average molecular weight is 331 g/mol. The molecule has 124 valence electrons. The van der Waals surface area contributed by atoms with Gasteiger partial charge < -0.3 is 9.88 Å². The van der Waals surface area contributed by atoms with Gasteiger partial charge in [0.25, 0.3) is 0 Å². The quantitative estimate of drug-likeness (QED) is 0.566. The molecular formula is C18H17N7. The number of hydrogen-bond donors (Lipinski definition) is 2. The molecule has 0 aliphatic heterocycles. The maximum absolute atomic E-state index is 4.49. The van der Waals surface area contributed by atoms with Crippen LogP contribution in [-0.2, 0) is 13.1 Å². The minimum atomic E-state index is 0.626. The van der Waals surface area contributed by atoms with Crippen molar-refractivity contribution in [2.75, 3.05) is 0 Å². The van der Waals surface area contributed by atoms with Crippen LogP contribution in [0.2, 0.25) is 0 Å². The van der Waals surface area contributed by atoms with E-state index in [9.17, 15) is 0 Å². The summed E-state index contributed by atoms with van der Waals surface area (Å²) in [6.45, 7) is 1.39. The second-order valence-electron chi connectivity index (χ2n) is 5.58. The van der Waals surface area contributed by atoms with Gasteiger partial charge in [0, 0.05) is 42.6 Å². The number of aromatic nitrogens is 6. The van der Waals surface area contributed by atoms with E-state index in [1.807, 2.05) is 22.9 Å². The summed E-state index contributed by atoms with van der Waals surface area (Å²) in [4.78, 5) is 12.6. The molecule has 7 heteroatoms. The van der Waals surface area contributed by atoms with Crippen molar-refractivity contribution in [1.82, 2.24) is 35.0 Å². The van der Waals surface area contributed by atoms with Crippen molar-refractivity contribution in [2.24, 2.45) is 0 Å². The molecule has 0 unspecified atom stereocenters. The molecule has 0 bridgehead atoms. The summed E-state index contributed by atoms with van der Waals surface area (Å²) in [6.07, 6.45) is 8.95. The Labute approximate surface area is 144 Å². The van der Waals surface area contributed by atoms with Crippen molar-refractivity contribution in [3.63, 3.8) is 0 Å². The van der Waals surface area contributed by atoms with Crippen molar-refractivity contribution in [3.8, 4) is 17.1 Å². The summed E-state index contributed by atoms with van der Waals surface area (Å²) in [6, 6.07) is 12.1. The van der Waals surface area contributed by atoms with E-state index < -0.39 is 0 Å². The van der Waals surface area contributed by atoms with Crippen molar-refractivity contribution >= 4 is 0 Å². The van der Waals surface area contributed by atoms with Gasteiger partial charge in [-0.05, 0) is 29.8 Å². The Kier molecular flexibility index (Phi) is 4.30. The third-order valence-electron chi connectivity index (χ3n) is 3.83. The first-order valence-electron chi connectivity index (χ1n) is 7.98. The van der Waals surface area contributed by atoms with Crippen LogP contribution in [0.5, 0.6) is 0 Å². The van der Waals surface area contributed by atoms with Crippen molar-refractivity contribution in [3.05, 3.63) is 78.9 Å². The molecule has 1 aromatic carbocycles. The standard InChI is InChI=1S/C18H17N7/c1-3-16(25-10-9-20-13-25)4-2-14(1)11-21-12-17-22-18(24-23-17)15-5-7-19-8-6-15/h1-10,13,21H,11-12H2,(H,22,23,24). The van der Waals surface area contributed by atoms with Crippen LogP contribution in [0, 0.1) is 0 Å². The minimum absolute atomic E-state index is 0.626. The van der Waals surface area contributed by atoms with Gasteiger partial charge in [0.15, 0.2) is 5.82 Å². The van der Waals surface area contributed by atoms with E-state index in [1.54, 1.807) is 24.9 Å². The number of H-pyrrole nitrogens is 1. The molecule has 7 nitrogen and oxygen atoms in total. The average Bonchev–Trinajstić information content (AvgIpc) is 3.35. The van der Waals surface area contributed by atoms with Crippen molar-refractivity contribution in [2.45, 2.75) is 13.1 Å². The van der Waals surface area contributed by atoms with Gasteiger partial charge in [-0.15, -0.1) is 0 Å². The molecule has 3 aromatic heterocycles. The van der Waals surface area contributed by atoms with E-state index in [4.69, 9.17) is 0 Å². The highest BCUT2D eigenvalue weighted by Gasteiger charge is 2.05. The van der Waals surface area contributed by atoms with E-state index in [2.05, 4.69) is 54.7 Å². The molecule has 0 spiro atoms. The summed E-state index contributed by atoms with van der Waals surface area (Å²) in [5.41, 5.74) is 3.25. The highest BCUT2D eigenvalue weighted by molar-refractivity contribution is 5.52. The van der Waals surface area contributed by atoms with Gasteiger partial charge in [-0.1, -0.05) is 12.1 Å². The van der Waals surface area contributed by atoms with Crippen molar-refractivity contribution < 1.29 is 0 Å². The largest absolute Gasteiger partial charge is 0.306 e. The van der Waals surface area contributed by atoms with Crippen LogP contribution in [0.3, 0.4) is 0 Å². The highest BCUT2D eigenvalue weighted by Crippen LogP contribution is 2.12. The summed E-state index contributed by atoms with van der Waals surface area (Å²) < 4.78 is 1.98. The maximum Gasteiger partial charge on any atom is 0.181 e. The fourth-order valence-electron chi connectivity index (χ4n) is 2.53. The van der Waals surface area contributed by atoms with E-state index in [0.717, 1.165) is 23.6 Å². The van der Waals surface area contributed by atoms with Gasteiger partial charge >= 0.3 is 0 Å². The fourth-order valence-corrected chi connectivity index (χ4v) is 2.53. The lowest BCUT2D eigenvalue weighted by Gasteiger charge is -2.05. The molecule has 0 amide bonds. The first-order valence-corrected chi connectivity index (χ1v) is 7.98. The third kappa shape index (κ3) is 3.61. The second kappa shape index (κ2) is 7.06. The van der Waals surface area contributed by atoms with E-state index in [-0.39, 0.29) is 0 Å². The smallest absolute Gasteiger partial charge is 0.181 e. The zero-order valence-corrected chi connectivity index (χ0v) is 13.5. The number of pyridine rings is 1. The van der Waals surface area contributed by atoms with Gasteiger partial charge in [0.2, 0.25) is 0 Å². The van der Waals surface area contributed by atoms with Crippen LogP contribution in [0.25, 0.3) is 17.1 Å². The Morgan fingerprint density at radius 3 is 2.52 bits per heavy atom. The van der Waals surface area contributed by atoms with Gasteiger partial charge in [0.05, 0.1) is 12.9 Å². The van der Waals surface area contributed by atoms with Crippen molar-refractivity contribution in [1.29, 1.82) is 0 Å². The zero-order valence-electron chi connectivity index (χ0n) is 13.5. The number of hydrogen-bond acceptors (Lipinski definition) is 5. The van der Waals surface area contributed by atoms with Gasteiger partial charge in [-0.25, -0.2) is 9.97 Å². The fraction of sp³-hybridized carbons (Fsp3) is 0.111. The number of nitrogens with one attached hydrogen (secondary N) is 2. The monoisotopic (exact) mass is 331 g/mol. The van der Waals surface area contributed by atoms with E-state index in [0.29, 0.717) is 12.4 Å². The third-order valence-corrected chi connectivity index (χ3v) is 3.83. The minimum Gasteiger partial charge on any atom is -0.306 e. The lowest BCUT2D eigenvalue weighted by molar-refractivity contribution is 0.665. The first-order chi connectivity index (χ1) is 12.4. The van der Waals surface area contributed by atoms with Crippen LogP contribution >= 0.6 is 0 Å². The summed E-state index contributed by atoms with van der Waals surface area (Å²) in [5.74, 6) is 1.49. The molecule has 0 fully saturated rings. The second-order valence-corrected chi connectivity index (χ2v) is 5.58. The number of aromatic amines is 1. The Morgan fingerprint density at radius 1 is 0.920 bits per heavy atom. The molecule has 2 N–H and O–H groups in total. The number of benzene rings is 1. The maximum atomic E-state index is 4.49. The highest BCUT2D eigenvalue weighted by atomic mass is 15.2. The SMILES string of the molecule is c1cc(-c2n[nH]c(CNCc3ccc(-n4ccnc4)cc3)n2)ccn1. The topological polar surface area (TPSA) is 84.3 Å². The van der Waals surface area contributed by atoms with Crippen LogP contribution in [-0.4, -0.2) is 29.7 Å². The van der Waals surface area contributed by atoms with Crippen LogP contribution < -0.4 is 5.32 Å². The summed E-state index contributed by atoms with van der Waals surface area (Å²) in [7, 11) is 0. The molecule has 0 atom stereocenters. The van der Waals surface area contributed by atoms with Crippen LogP contribution in [0.1, 0.15) is 11.4 Å². The zero-order chi connectivity index (χ0) is 16.9. The van der Waals surface area contributed by atoms with E-state index >= 15 is 0 Å². The molecule has 4 rings (SSSR count). The number of nitrogens with zero attached hydrogens (tertiary/aromatic N) is 5. The lowest BCUT2D eigenvalue weighted by Crippen LogP contribution is -2.13. The first kappa shape index (κ1) is 15.2. The van der Waals surface area contributed by atoms with Gasteiger partial charge in [-0.3, -0.25) is 10.1 Å². The van der Waals surface area contributed by atoms with Gasteiger partial charge in [-0.2, -0.15) is 5.10 Å². The molecule has 4 aromatic rings. The van der Waals surface area contributed by atoms with E-state index in [1.165, 1.54) is 5.56 Å². The molecule has 0 aliphatic rings. The molecule has 3 heterocycles. The summed E-state index contributed by atoms with van der Waals surface area (Å²) in [5, 5.41) is 10.6. The molecule has 0 radical (unpaired) electrons. The van der Waals surface area contributed by atoms with Crippen LogP contribution in [0.15, 0.2) is 67.5 Å². The van der Waals surface area contributed by atoms with Gasteiger partial charge in [0.1, 0.15) is 5.82 Å². The lowest BCUT2D eigenvalue weighted by atomic mass is 10.2. The number of rotatable bonds is 6. The van der Waals surface area contributed by atoms with Crippen LogP contribution in [0.4, 0.5) is 0 Å². The Morgan fingerprint density at radius 2 is 1.76 bits per heavy atom.